The van der Waals surface area contributed by atoms with E-state index >= 15 is 0 Å². The molecule has 0 aliphatic heterocycles. The van der Waals surface area contributed by atoms with E-state index < -0.39 is 21.9 Å². The van der Waals surface area contributed by atoms with Gasteiger partial charge in [0.25, 0.3) is 0 Å². The Balaban J connectivity index is 2.25. The number of nitrogens with one attached hydrogen (secondary N) is 1. The molecular weight excluding hydrogens is 279 g/mol. The summed E-state index contributed by atoms with van der Waals surface area (Å²) in [6.07, 6.45) is 3.18. The zero-order valence-electron chi connectivity index (χ0n) is 11.2. The van der Waals surface area contributed by atoms with Crippen LogP contribution >= 0.6 is 0 Å². The minimum absolute atomic E-state index is 0.0819. The number of sulfonamides is 1. The van der Waals surface area contributed by atoms with Gasteiger partial charge in [-0.1, -0.05) is 6.07 Å². The maximum atomic E-state index is 13.5. The number of nitrogens with zero attached hydrogens (tertiary/aromatic N) is 1. The van der Waals surface area contributed by atoms with Crippen LogP contribution < -0.4 is 4.72 Å². The fourth-order valence-corrected chi connectivity index (χ4v) is 3.01. The number of hydrogen-bond donors (Lipinski definition) is 1. The molecule has 0 amide bonds. The minimum atomic E-state index is -3.76. The second kappa shape index (κ2) is 5.68. The summed E-state index contributed by atoms with van der Waals surface area (Å²) in [4.78, 5) is 3.79. The Bertz CT molecular complexity index is 702. The molecule has 1 aromatic carbocycles. The molecule has 2 rings (SSSR count). The summed E-state index contributed by atoms with van der Waals surface area (Å²) in [7, 11) is -3.76. The van der Waals surface area contributed by atoms with Gasteiger partial charge in [-0.15, -0.1) is 0 Å². The maximum absolute atomic E-state index is 13.5. The van der Waals surface area contributed by atoms with Crippen LogP contribution in [0.1, 0.15) is 24.1 Å². The summed E-state index contributed by atoms with van der Waals surface area (Å²) >= 11 is 0. The Morgan fingerprint density at radius 2 is 1.85 bits per heavy atom. The molecule has 4 nitrogen and oxygen atoms in total. The van der Waals surface area contributed by atoms with E-state index in [2.05, 4.69) is 9.71 Å². The van der Waals surface area contributed by atoms with Gasteiger partial charge in [0.05, 0.1) is 4.90 Å². The summed E-state index contributed by atoms with van der Waals surface area (Å²) in [5, 5.41) is 0. The highest BCUT2D eigenvalue weighted by Gasteiger charge is 2.19. The van der Waals surface area contributed by atoms with E-state index in [0.717, 1.165) is 11.6 Å². The summed E-state index contributed by atoms with van der Waals surface area (Å²) < 4.78 is 40.4. The Labute approximate surface area is 117 Å². The molecule has 0 saturated heterocycles. The van der Waals surface area contributed by atoms with Crippen molar-refractivity contribution in [3.63, 3.8) is 0 Å². The van der Waals surface area contributed by atoms with Crippen LogP contribution in [-0.4, -0.2) is 13.4 Å². The predicted octanol–water partition coefficient (Wildman–Crippen LogP) is 2.57. The molecule has 0 saturated carbocycles. The molecule has 1 aromatic heterocycles. The first-order valence-electron chi connectivity index (χ1n) is 6.08. The summed E-state index contributed by atoms with van der Waals surface area (Å²) in [5.41, 5.74) is 1.20. The fourth-order valence-electron chi connectivity index (χ4n) is 1.76. The molecule has 2 aromatic rings. The average molecular weight is 294 g/mol. The second-order valence-corrected chi connectivity index (χ2v) is 6.25. The van der Waals surface area contributed by atoms with Crippen molar-refractivity contribution in [3.8, 4) is 0 Å². The van der Waals surface area contributed by atoms with Crippen molar-refractivity contribution in [2.75, 3.05) is 0 Å². The molecule has 1 heterocycles. The molecule has 0 fully saturated rings. The average Bonchev–Trinajstić information content (AvgIpc) is 2.42. The molecule has 0 aliphatic carbocycles. The molecular formula is C14H15FN2O2S. The van der Waals surface area contributed by atoms with E-state index in [1.807, 2.05) is 0 Å². The van der Waals surface area contributed by atoms with E-state index in [9.17, 15) is 12.8 Å². The topological polar surface area (TPSA) is 59.1 Å². The fraction of sp³-hybridized carbons (Fsp3) is 0.214. The third-order valence-corrected chi connectivity index (χ3v) is 4.53. The van der Waals surface area contributed by atoms with Gasteiger partial charge in [-0.25, -0.2) is 17.5 Å². The lowest BCUT2D eigenvalue weighted by atomic mass is 10.1. The van der Waals surface area contributed by atoms with E-state index in [1.54, 1.807) is 38.4 Å². The summed E-state index contributed by atoms with van der Waals surface area (Å²) in [5.74, 6) is -0.538. The molecule has 1 atom stereocenters. The molecule has 0 bridgehead atoms. The predicted molar refractivity (Wildman–Crippen MR) is 74.1 cm³/mol. The van der Waals surface area contributed by atoms with Crippen molar-refractivity contribution >= 4 is 10.0 Å². The van der Waals surface area contributed by atoms with Crippen LogP contribution in [0, 0.1) is 12.7 Å². The third-order valence-electron chi connectivity index (χ3n) is 2.99. The number of rotatable bonds is 4. The highest BCUT2D eigenvalue weighted by Crippen LogP contribution is 2.18. The van der Waals surface area contributed by atoms with E-state index in [0.29, 0.717) is 5.56 Å². The van der Waals surface area contributed by atoms with Gasteiger partial charge in [0, 0.05) is 18.4 Å². The Kier molecular flexibility index (Phi) is 4.15. The highest BCUT2D eigenvalue weighted by molar-refractivity contribution is 7.89. The van der Waals surface area contributed by atoms with Crippen LogP contribution in [-0.2, 0) is 10.0 Å². The Hall–Kier alpha value is -1.79. The zero-order valence-corrected chi connectivity index (χ0v) is 12.0. The molecule has 0 unspecified atom stereocenters. The first kappa shape index (κ1) is 14.6. The normalized spacial score (nSPS) is 13.2. The first-order valence-corrected chi connectivity index (χ1v) is 7.57. The van der Waals surface area contributed by atoms with Crippen molar-refractivity contribution < 1.29 is 12.8 Å². The zero-order chi connectivity index (χ0) is 14.8. The molecule has 0 spiro atoms. The van der Waals surface area contributed by atoms with E-state index in [-0.39, 0.29) is 4.90 Å². The number of halogens is 1. The van der Waals surface area contributed by atoms with Gasteiger partial charge in [-0.05, 0) is 49.2 Å². The lowest BCUT2D eigenvalue weighted by Gasteiger charge is -2.14. The van der Waals surface area contributed by atoms with Crippen LogP contribution in [0.25, 0.3) is 0 Å². The lowest BCUT2D eigenvalue weighted by Crippen LogP contribution is -2.27. The van der Waals surface area contributed by atoms with Crippen molar-refractivity contribution in [2.45, 2.75) is 24.8 Å². The number of benzene rings is 1. The third kappa shape index (κ3) is 3.20. The largest absolute Gasteiger partial charge is 0.265 e. The number of pyridine rings is 1. The number of hydrogen-bond acceptors (Lipinski definition) is 3. The molecule has 6 heteroatoms. The molecule has 1 N–H and O–H groups in total. The molecule has 106 valence electrons. The Morgan fingerprint density at radius 3 is 2.45 bits per heavy atom. The summed E-state index contributed by atoms with van der Waals surface area (Å²) in [6, 6.07) is 6.89. The van der Waals surface area contributed by atoms with Gasteiger partial charge in [0.1, 0.15) is 5.82 Å². The maximum Gasteiger partial charge on any atom is 0.241 e. The van der Waals surface area contributed by atoms with Crippen LogP contribution in [0.3, 0.4) is 0 Å². The van der Waals surface area contributed by atoms with Gasteiger partial charge in [-0.3, -0.25) is 4.98 Å². The van der Waals surface area contributed by atoms with Gasteiger partial charge in [-0.2, -0.15) is 0 Å². The van der Waals surface area contributed by atoms with Crippen LogP contribution in [0.4, 0.5) is 4.39 Å². The molecule has 0 radical (unpaired) electrons. The summed E-state index contributed by atoms with van der Waals surface area (Å²) in [6.45, 7) is 3.30. The van der Waals surface area contributed by atoms with E-state index in [1.165, 1.54) is 12.1 Å². The smallest absolute Gasteiger partial charge is 0.241 e. The van der Waals surface area contributed by atoms with Gasteiger partial charge >= 0.3 is 0 Å². The van der Waals surface area contributed by atoms with Crippen LogP contribution in [0.15, 0.2) is 47.6 Å². The quantitative estimate of drug-likeness (QED) is 0.943. The van der Waals surface area contributed by atoms with Crippen molar-refractivity contribution in [1.29, 1.82) is 0 Å². The first-order chi connectivity index (χ1) is 9.40. The van der Waals surface area contributed by atoms with Crippen molar-refractivity contribution in [1.82, 2.24) is 9.71 Å². The molecule has 20 heavy (non-hydrogen) atoms. The highest BCUT2D eigenvalue weighted by atomic mass is 32.2. The second-order valence-electron chi connectivity index (χ2n) is 4.53. The Morgan fingerprint density at radius 1 is 1.20 bits per heavy atom. The van der Waals surface area contributed by atoms with Crippen molar-refractivity contribution in [3.05, 3.63) is 59.7 Å². The minimum Gasteiger partial charge on any atom is -0.265 e. The van der Waals surface area contributed by atoms with Gasteiger partial charge < -0.3 is 0 Å². The standard InChI is InChI=1S/C14H15FN2O2S/c1-10-3-4-13(9-14(10)15)20(18,19)17-11(2)12-5-7-16-8-6-12/h3-9,11,17H,1-2H3/t11-/m0/s1. The number of aryl methyl sites for hydroxylation is 1. The molecule has 0 aliphatic rings. The van der Waals surface area contributed by atoms with Gasteiger partial charge in [0.2, 0.25) is 10.0 Å². The van der Waals surface area contributed by atoms with Gasteiger partial charge in [0.15, 0.2) is 0 Å². The van der Waals surface area contributed by atoms with Crippen molar-refractivity contribution in [2.24, 2.45) is 0 Å². The van der Waals surface area contributed by atoms with Crippen LogP contribution in [0.2, 0.25) is 0 Å². The number of aromatic nitrogens is 1. The lowest BCUT2D eigenvalue weighted by molar-refractivity contribution is 0.563. The van der Waals surface area contributed by atoms with Crippen LogP contribution in [0.5, 0.6) is 0 Å². The monoisotopic (exact) mass is 294 g/mol. The SMILES string of the molecule is Cc1ccc(S(=O)(=O)N[C@@H](C)c2ccncc2)cc1F. The van der Waals surface area contributed by atoms with E-state index in [4.69, 9.17) is 0 Å².